The number of likely N-dealkylation sites (N-methyl/N-ethyl adjacent to an activating group) is 1. The van der Waals surface area contributed by atoms with Crippen molar-refractivity contribution in [3.8, 4) is 35.3 Å². The lowest BCUT2D eigenvalue weighted by Gasteiger charge is -2.34. The van der Waals surface area contributed by atoms with Gasteiger partial charge in [-0.15, -0.1) is 6.42 Å². The van der Waals surface area contributed by atoms with Gasteiger partial charge in [0.2, 0.25) is 5.91 Å². The van der Waals surface area contributed by atoms with E-state index in [0.29, 0.717) is 45.8 Å². The van der Waals surface area contributed by atoms with Crippen molar-refractivity contribution in [2.45, 2.75) is 56.8 Å². The van der Waals surface area contributed by atoms with Gasteiger partial charge >= 0.3 is 0 Å². The molecule has 0 bridgehead atoms. The molecule has 1 aliphatic carbocycles. The normalized spacial score (nSPS) is 16.3. The highest BCUT2D eigenvalue weighted by Gasteiger charge is 2.28. The summed E-state index contributed by atoms with van der Waals surface area (Å²) in [6.45, 7) is 2.01. The molecule has 3 heterocycles. The number of fused-ring (bicyclic) bond motifs is 2. The van der Waals surface area contributed by atoms with Crippen LogP contribution < -0.4 is 34.9 Å². The van der Waals surface area contributed by atoms with Crippen LogP contribution in [0.4, 0.5) is 27.4 Å². The Hall–Kier alpha value is -6.47. The van der Waals surface area contributed by atoms with Crippen LogP contribution in [0.2, 0.25) is 5.02 Å². The van der Waals surface area contributed by atoms with Gasteiger partial charge in [0.15, 0.2) is 23.0 Å². The third-order valence-corrected chi connectivity index (χ3v) is 11.3. The summed E-state index contributed by atoms with van der Waals surface area (Å²) < 4.78 is 42.2. The van der Waals surface area contributed by atoms with Crippen LogP contribution >= 0.6 is 11.6 Å². The van der Waals surface area contributed by atoms with Crippen LogP contribution in [-0.4, -0.2) is 97.1 Å². The molecule has 6 aromatic rings. The van der Waals surface area contributed by atoms with Crippen molar-refractivity contribution in [2.24, 2.45) is 0 Å². The number of carbonyl (C=O) groups is 1. The quantitative estimate of drug-likeness (QED) is 0.0952. The number of anilines is 4. The number of nitrogens with zero attached hydrogens (tertiary/aromatic N) is 5. The highest BCUT2D eigenvalue weighted by Crippen LogP contribution is 2.38. The molecule has 0 spiro atoms. The van der Waals surface area contributed by atoms with E-state index < -0.39 is 5.82 Å². The maximum absolute atomic E-state index is 13.6. The summed E-state index contributed by atoms with van der Waals surface area (Å²) in [5, 5.41) is 11.5. The standard InChI is InChI=1S/C25H28ClFN4O4.C22H22N4O2/c1-31(24(32)13-33-2)16-5-7-17(8-6-16)35-23-11-18-21(12-22(23)34-3)28-14-29-25(18)30-15-4-9-20(27)19(26)10-15;1-3-15-5-4-6-16(11-15)26-22-18-12-21(28-17-7-9-23-10-8-17)20(27-2)13-19(18)24-14-25-22/h4,9-12,14,16-17H,5-8,13H2,1-3H3,(H,28,29,30);1,4-6,11-14,17,23H,7-10H2,2H3,(H,24,25,26). The molecular weight excluding hydrogens is 827 g/mol. The average Bonchev–Trinajstić information content (AvgIpc) is 3.31. The van der Waals surface area contributed by atoms with Crippen molar-refractivity contribution in [2.75, 3.05) is 58.7 Å². The Labute approximate surface area is 370 Å². The molecule has 14 nitrogen and oxygen atoms in total. The highest BCUT2D eigenvalue weighted by atomic mass is 35.5. The Kier molecular flexibility index (Phi) is 14.9. The van der Waals surface area contributed by atoms with Gasteiger partial charge in [0.25, 0.3) is 0 Å². The number of terminal acetylenes is 1. The lowest BCUT2D eigenvalue weighted by atomic mass is 9.92. The number of amides is 1. The largest absolute Gasteiger partial charge is 0.493 e. The zero-order valence-corrected chi connectivity index (χ0v) is 36.4. The van der Waals surface area contributed by atoms with Crippen molar-refractivity contribution in [3.63, 3.8) is 0 Å². The maximum atomic E-state index is 13.6. The summed E-state index contributed by atoms with van der Waals surface area (Å²) >= 11 is 5.92. The topological polar surface area (TPSA) is 154 Å². The number of benzene rings is 4. The van der Waals surface area contributed by atoms with Crippen LogP contribution in [0.25, 0.3) is 21.8 Å². The van der Waals surface area contributed by atoms with E-state index in [4.69, 9.17) is 41.7 Å². The SMILES string of the molecule is C#Cc1cccc(Nc2ncnc3cc(OC)c(OC4CCNCC4)cc23)c1.COCC(=O)N(C)C1CCC(Oc2cc3c(Nc4ccc(F)c(Cl)c4)ncnc3cc2OC)CC1. The first-order valence-electron chi connectivity index (χ1n) is 20.7. The number of hydrogen-bond donors (Lipinski definition) is 3. The molecule has 0 radical (unpaired) electrons. The predicted molar refractivity (Wildman–Crippen MR) is 242 cm³/mol. The van der Waals surface area contributed by atoms with E-state index in [0.717, 1.165) is 79.2 Å². The molecule has 1 saturated carbocycles. The molecule has 8 rings (SSSR count). The third kappa shape index (κ3) is 11.1. The molecule has 2 fully saturated rings. The van der Waals surface area contributed by atoms with Gasteiger partial charge < -0.3 is 44.5 Å². The van der Waals surface area contributed by atoms with Crippen LogP contribution in [-0.2, 0) is 9.53 Å². The molecule has 3 N–H and O–H groups in total. The second-order valence-electron chi connectivity index (χ2n) is 15.1. The van der Waals surface area contributed by atoms with Crippen LogP contribution in [0.5, 0.6) is 23.0 Å². The minimum Gasteiger partial charge on any atom is -0.493 e. The molecule has 1 amide bonds. The van der Waals surface area contributed by atoms with Gasteiger partial charge in [-0.3, -0.25) is 4.79 Å². The van der Waals surface area contributed by atoms with E-state index >= 15 is 0 Å². The van der Waals surface area contributed by atoms with Crippen molar-refractivity contribution >= 4 is 62.3 Å². The number of piperidine rings is 1. The van der Waals surface area contributed by atoms with Crippen LogP contribution in [0.15, 0.2) is 79.4 Å². The number of carbonyl (C=O) groups excluding carboxylic acids is 1. The fourth-order valence-corrected chi connectivity index (χ4v) is 7.80. The van der Waals surface area contributed by atoms with Gasteiger partial charge in [-0.05, 0) is 100 Å². The summed E-state index contributed by atoms with van der Waals surface area (Å²) in [7, 11) is 6.57. The Morgan fingerprint density at radius 3 is 1.89 bits per heavy atom. The summed E-state index contributed by atoms with van der Waals surface area (Å²) in [6.07, 6.45) is 13.9. The maximum Gasteiger partial charge on any atom is 0.248 e. The molecule has 16 heteroatoms. The van der Waals surface area contributed by atoms with Gasteiger partial charge in [-0.1, -0.05) is 23.6 Å². The first-order valence-corrected chi connectivity index (χ1v) is 21.0. The number of nitrogens with one attached hydrogen (secondary N) is 3. The van der Waals surface area contributed by atoms with Gasteiger partial charge in [-0.2, -0.15) is 0 Å². The first-order chi connectivity index (χ1) is 30.7. The summed E-state index contributed by atoms with van der Waals surface area (Å²) in [5.74, 6) is 5.90. The molecule has 1 aliphatic heterocycles. The van der Waals surface area contributed by atoms with E-state index in [-0.39, 0.29) is 35.8 Å². The second kappa shape index (κ2) is 21.1. The van der Waals surface area contributed by atoms with Crippen LogP contribution in [0, 0.1) is 18.2 Å². The molecular formula is C47H50ClFN8O6. The van der Waals surface area contributed by atoms with Crippen molar-refractivity contribution in [3.05, 3.63) is 95.8 Å². The Morgan fingerprint density at radius 2 is 1.35 bits per heavy atom. The highest BCUT2D eigenvalue weighted by molar-refractivity contribution is 6.31. The number of rotatable bonds is 13. The van der Waals surface area contributed by atoms with E-state index in [1.54, 1.807) is 31.3 Å². The van der Waals surface area contributed by atoms with E-state index in [9.17, 15) is 9.18 Å². The van der Waals surface area contributed by atoms with E-state index in [2.05, 4.69) is 41.8 Å². The lowest BCUT2D eigenvalue weighted by Crippen LogP contribution is -2.42. The molecule has 0 unspecified atom stereocenters. The Morgan fingerprint density at radius 1 is 0.778 bits per heavy atom. The average molecular weight is 877 g/mol. The molecule has 2 aliphatic rings. The summed E-state index contributed by atoms with van der Waals surface area (Å²) in [4.78, 5) is 31.4. The van der Waals surface area contributed by atoms with Crippen LogP contribution in [0.1, 0.15) is 44.1 Å². The minimum absolute atomic E-state index is 0.0135. The van der Waals surface area contributed by atoms with Crippen molar-refractivity contribution in [1.29, 1.82) is 0 Å². The summed E-state index contributed by atoms with van der Waals surface area (Å²) in [6, 6.07) is 19.7. The Bertz CT molecular complexity index is 2580. The number of hydrogen-bond acceptors (Lipinski definition) is 13. The first kappa shape index (κ1) is 44.6. The zero-order valence-electron chi connectivity index (χ0n) is 35.6. The fraction of sp³-hybridized carbons (Fsp3) is 0.340. The minimum atomic E-state index is -0.492. The summed E-state index contributed by atoms with van der Waals surface area (Å²) in [5.41, 5.74) is 3.72. The fourth-order valence-electron chi connectivity index (χ4n) is 7.62. The molecule has 1 saturated heterocycles. The van der Waals surface area contributed by atoms with Gasteiger partial charge in [0.1, 0.15) is 42.8 Å². The number of aromatic nitrogens is 4. The molecule has 4 aromatic carbocycles. The van der Waals surface area contributed by atoms with E-state index in [1.807, 2.05) is 49.5 Å². The number of methoxy groups -OCH3 is 3. The zero-order chi connectivity index (χ0) is 44.3. The molecule has 2 aromatic heterocycles. The van der Waals surface area contributed by atoms with Crippen molar-refractivity contribution in [1.82, 2.24) is 30.2 Å². The van der Waals surface area contributed by atoms with Gasteiger partial charge in [-0.25, -0.2) is 24.3 Å². The smallest absolute Gasteiger partial charge is 0.248 e. The molecule has 63 heavy (non-hydrogen) atoms. The number of ether oxygens (including phenoxy) is 5. The van der Waals surface area contributed by atoms with Gasteiger partial charge in [0.05, 0.1) is 36.4 Å². The number of halogens is 2. The second-order valence-corrected chi connectivity index (χ2v) is 15.5. The Balaban J connectivity index is 0.000000193. The molecule has 328 valence electrons. The van der Waals surface area contributed by atoms with Crippen LogP contribution in [0.3, 0.4) is 0 Å². The van der Waals surface area contributed by atoms with Gasteiger partial charge in [0, 0.05) is 60.0 Å². The monoisotopic (exact) mass is 876 g/mol. The third-order valence-electron chi connectivity index (χ3n) is 11.0. The van der Waals surface area contributed by atoms with Crippen molar-refractivity contribution < 1.29 is 32.9 Å². The van der Waals surface area contributed by atoms with E-state index in [1.165, 1.54) is 31.9 Å². The molecule has 0 atom stereocenters. The lowest BCUT2D eigenvalue weighted by molar-refractivity contribution is -0.136. The predicted octanol–water partition coefficient (Wildman–Crippen LogP) is 8.46.